The molecule has 0 aliphatic carbocycles. The Bertz CT molecular complexity index is 534. The first-order valence-corrected chi connectivity index (χ1v) is 7.99. The van der Waals surface area contributed by atoms with Crippen LogP contribution in [0.15, 0.2) is 12.4 Å². The summed E-state index contributed by atoms with van der Waals surface area (Å²) in [7, 11) is 5.77. The van der Waals surface area contributed by atoms with E-state index in [1.54, 1.807) is 24.2 Å². The van der Waals surface area contributed by atoms with E-state index < -0.39 is 0 Å². The number of amides is 1. The molecule has 2 aliphatic heterocycles. The van der Waals surface area contributed by atoms with Crippen LogP contribution >= 0.6 is 0 Å². The summed E-state index contributed by atoms with van der Waals surface area (Å²) in [6.45, 7) is 4.60. The summed E-state index contributed by atoms with van der Waals surface area (Å²) < 4.78 is 7.13. The topological polar surface area (TPSA) is 50.6 Å². The second kappa shape index (κ2) is 6.01. The number of piperidine rings is 1. The number of hydrogen-bond acceptors (Lipinski definition) is 4. The summed E-state index contributed by atoms with van der Waals surface area (Å²) >= 11 is 0. The average Bonchev–Trinajstić information content (AvgIpc) is 3.08. The molecule has 3 rings (SSSR count). The minimum Gasteiger partial charge on any atom is -0.384 e. The molecular weight excluding hydrogens is 280 g/mol. The number of aryl methyl sites for hydroxylation is 1. The lowest BCUT2D eigenvalue weighted by Gasteiger charge is -2.41. The van der Waals surface area contributed by atoms with Crippen LogP contribution in [0.4, 0.5) is 0 Å². The van der Waals surface area contributed by atoms with Gasteiger partial charge >= 0.3 is 0 Å². The van der Waals surface area contributed by atoms with Gasteiger partial charge in [-0.15, -0.1) is 0 Å². The van der Waals surface area contributed by atoms with E-state index >= 15 is 0 Å². The highest BCUT2D eigenvalue weighted by atomic mass is 16.5. The Morgan fingerprint density at radius 3 is 2.73 bits per heavy atom. The zero-order valence-electron chi connectivity index (χ0n) is 13.8. The molecule has 1 aromatic heterocycles. The largest absolute Gasteiger partial charge is 0.384 e. The zero-order chi connectivity index (χ0) is 15.7. The van der Waals surface area contributed by atoms with Gasteiger partial charge in [0.25, 0.3) is 5.91 Å². The van der Waals surface area contributed by atoms with Crippen LogP contribution in [0.5, 0.6) is 0 Å². The number of carbonyl (C=O) groups excluding carboxylic acids is 1. The standard InChI is InChI=1S/C16H26N4O2/c1-18-6-4-16(5-7-18)12-20(10-14(16)11-22-3)15(21)13-8-17-19(2)9-13/h8-9,14H,4-7,10-12H2,1-3H3/t14-/m1/s1. The first-order valence-electron chi connectivity index (χ1n) is 7.99. The van der Waals surface area contributed by atoms with Crippen molar-refractivity contribution < 1.29 is 9.53 Å². The minimum absolute atomic E-state index is 0.102. The van der Waals surface area contributed by atoms with E-state index in [9.17, 15) is 4.79 Å². The molecule has 22 heavy (non-hydrogen) atoms. The van der Waals surface area contributed by atoms with Crippen molar-refractivity contribution in [3.05, 3.63) is 18.0 Å². The summed E-state index contributed by atoms with van der Waals surface area (Å²) in [6, 6.07) is 0. The van der Waals surface area contributed by atoms with Crippen molar-refractivity contribution >= 4 is 5.91 Å². The van der Waals surface area contributed by atoms with Gasteiger partial charge in [-0.25, -0.2) is 0 Å². The molecule has 2 aliphatic rings. The number of methoxy groups -OCH3 is 1. The van der Waals surface area contributed by atoms with Gasteiger partial charge in [0.1, 0.15) is 0 Å². The number of likely N-dealkylation sites (tertiary alicyclic amines) is 2. The first-order chi connectivity index (χ1) is 10.5. The molecule has 1 atom stereocenters. The lowest BCUT2D eigenvalue weighted by Crippen LogP contribution is -2.44. The third-order valence-electron chi connectivity index (χ3n) is 5.40. The van der Waals surface area contributed by atoms with Crippen molar-refractivity contribution in [1.29, 1.82) is 0 Å². The quantitative estimate of drug-likeness (QED) is 0.831. The van der Waals surface area contributed by atoms with Crippen molar-refractivity contribution in [2.45, 2.75) is 12.8 Å². The van der Waals surface area contributed by atoms with Gasteiger partial charge in [0, 0.05) is 39.4 Å². The van der Waals surface area contributed by atoms with Gasteiger partial charge in [-0.05, 0) is 38.4 Å². The molecule has 1 amide bonds. The van der Waals surface area contributed by atoms with E-state index in [2.05, 4.69) is 17.0 Å². The summed E-state index contributed by atoms with van der Waals surface area (Å²) in [6.07, 6.45) is 5.75. The molecule has 1 aromatic rings. The Kier molecular flexibility index (Phi) is 4.23. The summed E-state index contributed by atoms with van der Waals surface area (Å²) in [5, 5.41) is 4.12. The molecule has 0 N–H and O–H groups in total. The molecule has 2 saturated heterocycles. The lowest BCUT2D eigenvalue weighted by atomic mass is 9.71. The highest BCUT2D eigenvalue weighted by Gasteiger charge is 2.48. The van der Waals surface area contributed by atoms with E-state index in [0.29, 0.717) is 11.5 Å². The first kappa shape index (κ1) is 15.5. The molecule has 0 bridgehead atoms. The van der Waals surface area contributed by atoms with E-state index in [1.807, 2.05) is 11.9 Å². The Hall–Kier alpha value is -1.40. The van der Waals surface area contributed by atoms with Gasteiger partial charge < -0.3 is 14.5 Å². The number of hydrogen-bond donors (Lipinski definition) is 0. The molecule has 2 fully saturated rings. The van der Waals surface area contributed by atoms with Crippen molar-refractivity contribution in [2.75, 3.05) is 46.9 Å². The third-order valence-corrected chi connectivity index (χ3v) is 5.40. The monoisotopic (exact) mass is 306 g/mol. The second-order valence-corrected chi connectivity index (χ2v) is 6.91. The lowest BCUT2D eigenvalue weighted by molar-refractivity contribution is 0.0444. The average molecular weight is 306 g/mol. The van der Waals surface area contributed by atoms with Crippen LogP contribution < -0.4 is 0 Å². The third kappa shape index (κ3) is 2.77. The van der Waals surface area contributed by atoms with E-state index in [0.717, 1.165) is 45.6 Å². The smallest absolute Gasteiger partial charge is 0.257 e. The van der Waals surface area contributed by atoms with Gasteiger partial charge in [0.05, 0.1) is 18.4 Å². The number of nitrogens with zero attached hydrogens (tertiary/aromatic N) is 4. The second-order valence-electron chi connectivity index (χ2n) is 6.91. The van der Waals surface area contributed by atoms with E-state index in [4.69, 9.17) is 4.74 Å². The molecule has 6 nitrogen and oxygen atoms in total. The maximum atomic E-state index is 12.7. The van der Waals surface area contributed by atoms with Crippen molar-refractivity contribution in [3.63, 3.8) is 0 Å². The molecule has 122 valence electrons. The molecule has 0 radical (unpaired) electrons. The molecule has 1 spiro atoms. The maximum Gasteiger partial charge on any atom is 0.257 e. The van der Waals surface area contributed by atoms with Crippen LogP contribution in [0, 0.1) is 11.3 Å². The predicted molar refractivity (Wildman–Crippen MR) is 83.6 cm³/mol. The maximum absolute atomic E-state index is 12.7. The van der Waals surface area contributed by atoms with Crippen LogP contribution in [0.3, 0.4) is 0 Å². The van der Waals surface area contributed by atoms with Gasteiger partial charge in [-0.1, -0.05) is 0 Å². The number of carbonyl (C=O) groups is 1. The Balaban J connectivity index is 1.76. The Morgan fingerprint density at radius 2 is 2.14 bits per heavy atom. The number of rotatable bonds is 3. The molecule has 6 heteroatoms. The van der Waals surface area contributed by atoms with Gasteiger partial charge in [-0.2, -0.15) is 5.10 Å². The van der Waals surface area contributed by atoms with Crippen LogP contribution in [-0.2, 0) is 11.8 Å². The fraction of sp³-hybridized carbons (Fsp3) is 0.750. The minimum atomic E-state index is 0.102. The van der Waals surface area contributed by atoms with Crippen LogP contribution in [-0.4, -0.2) is 72.4 Å². The molecule has 0 saturated carbocycles. The predicted octanol–water partition coefficient (Wildman–Crippen LogP) is 0.851. The Morgan fingerprint density at radius 1 is 1.41 bits per heavy atom. The van der Waals surface area contributed by atoms with Gasteiger partial charge in [0.2, 0.25) is 0 Å². The molecule has 3 heterocycles. The normalized spacial score (nSPS) is 25.0. The summed E-state index contributed by atoms with van der Waals surface area (Å²) in [5.41, 5.74) is 0.907. The molecule has 0 aromatic carbocycles. The van der Waals surface area contributed by atoms with Crippen molar-refractivity contribution in [3.8, 4) is 0 Å². The molecular formula is C16H26N4O2. The highest BCUT2D eigenvalue weighted by molar-refractivity contribution is 5.94. The summed E-state index contributed by atoms with van der Waals surface area (Å²) in [4.78, 5) is 17.1. The van der Waals surface area contributed by atoms with Crippen LogP contribution in [0.1, 0.15) is 23.2 Å². The summed E-state index contributed by atoms with van der Waals surface area (Å²) in [5.74, 6) is 0.539. The van der Waals surface area contributed by atoms with E-state index in [-0.39, 0.29) is 11.3 Å². The number of ether oxygens (including phenoxy) is 1. The van der Waals surface area contributed by atoms with Crippen molar-refractivity contribution in [2.24, 2.45) is 18.4 Å². The fourth-order valence-corrected chi connectivity index (χ4v) is 3.96. The Labute approximate surface area is 132 Å². The van der Waals surface area contributed by atoms with Crippen molar-refractivity contribution in [1.82, 2.24) is 19.6 Å². The van der Waals surface area contributed by atoms with Gasteiger partial charge in [-0.3, -0.25) is 9.48 Å². The highest BCUT2D eigenvalue weighted by Crippen LogP contribution is 2.44. The van der Waals surface area contributed by atoms with Crippen LogP contribution in [0.2, 0.25) is 0 Å². The fourth-order valence-electron chi connectivity index (χ4n) is 3.96. The van der Waals surface area contributed by atoms with Crippen LogP contribution in [0.25, 0.3) is 0 Å². The van der Waals surface area contributed by atoms with E-state index in [1.165, 1.54) is 0 Å². The SMILES string of the molecule is COC[C@H]1CN(C(=O)c2cnn(C)c2)CC12CCN(C)CC2. The van der Waals surface area contributed by atoms with Gasteiger partial charge in [0.15, 0.2) is 0 Å². The zero-order valence-corrected chi connectivity index (χ0v) is 13.8. The molecule has 0 unspecified atom stereocenters. The number of aromatic nitrogens is 2.